The van der Waals surface area contributed by atoms with Crippen molar-refractivity contribution in [1.29, 1.82) is 0 Å². The van der Waals surface area contributed by atoms with Crippen molar-refractivity contribution in [2.45, 2.75) is 13.5 Å². The molecule has 0 spiro atoms. The molecule has 0 atom stereocenters. The fraction of sp³-hybridized carbons (Fsp3) is 0.167. The first-order valence-electron chi connectivity index (χ1n) is 11.0. The highest BCUT2D eigenvalue weighted by molar-refractivity contribution is 6.31. The number of hydrogen-bond donors (Lipinski definition) is 0. The van der Waals surface area contributed by atoms with E-state index in [1.54, 1.807) is 54.6 Å². The van der Waals surface area contributed by atoms with E-state index in [9.17, 15) is 4.79 Å². The molecule has 188 valence electrons. The molecule has 0 aliphatic carbocycles. The zero-order valence-electron chi connectivity index (χ0n) is 20.0. The fourth-order valence-corrected chi connectivity index (χ4v) is 4.18. The molecular formula is C24H20Cl2N8O3. The van der Waals surface area contributed by atoms with E-state index in [-0.39, 0.29) is 17.3 Å². The molecule has 0 saturated heterocycles. The predicted octanol–water partition coefficient (Wildman–Crippen LogP) is 3.75. The number of rotatable bonds is 7. The highest BCUT2D eigenvalue weighted by Gasteiger charge is 2.17. The van der Waals surface area contributed by atoms with Gasteiger partial charge in [0.1, 0.15) is 11.4 Å². The summed E-state index contributed by atoms with van der Waals surface area (Å²) in [5.41, 5.74) is 3.58. The monoisotopic (exact) mass is 538 g/mol. The van der Waals surface area contributed by atoms with Crippen LogP contribution in [0.2, 0.25) is 10.2 Å². The zero-order valence-corrected chi connectivity index (χ0v) is 21.5. The van der Waals surface area contributed by atoms with Crippen LogP contribution in [0.15, 0.2) is 59.8 Å². The van der Waals surface area contributed by atoms with E-state index >= 15 is 0 Å². The Morgan fingerprint density at radius 3 is 2.32 bits per heavy atom. The summed E-state index contributed by atoms with van der Waals surface area (Å²) < 4.78 is 15.4. The first-order chi connectivity index (χ1) is 17.9. The summed E-state index contributed by atoms with van der Waals surface area (Å²) in [6, 6.07) is 10.3. The van der Waals surface area contributed by atoms with Gasteiger partial charge in [-0.05, 0) is 31.2 Å². The van der Waals surface area contributed by atoms with Gasteiger partial charge in [0.25, 0.3) is 5.56 Å². The third-order valence-corrected chi connectivity index (χ3v) is 6.04. The summed E-state index contributed by atoms with van der Waals surface area (Å²) in [5.74, 6) is 0.965. The van der Waals surface area contributed by atoms with Crippen molar-refractivity contribution in [2.75, 3.05) is 14.2 Å². The topological polar surface area (TPSA) is 115 Å². The van der Waals surface area contributed by atoms with Crippen LogP contribution in [-0.4, -0.2) is 53.8 Å². The van der Waals surface area contributed by atoms with E-state index < -0.39 is 0 Å². The molecular weight excluding hydrogens is 519 g/mol. The van der Waals surface area contributed by atoms with Crippen molar-refractivity contribution in [2.24, 2.45) is 0 Å². The second kappa shape index (κ2) is 10.0. The molecule has 0 aliphatic rings. The van der Waals surface area contributed by atoms with Crippen LogP contribution in [0.1, 0.15) is 11.4 Å². The molecule has 13 heteroatoms. The van der Waals surface area contributed by atoms with E-state index in [0.717, 1.165) is 11.4 Å². The second-order valence-corrected chi connectivity index (χ2v) is 8.81. The lowest BCUT2D eigenvalue weighted by atomic mass is 10.0. The maximum absolute atomic E-state index is 13.2. The minimum atomic E-state index is -0.268. The van der Waals surface area contributed by atoms with Gasteiger partial charge in [0.2, 0.25) is 5.88 Å². The molecule has 0 bridgehead atoms. The van der Waals surface area contributed by atoms with E-state index in [2.05, 4.69) is 25.6 Å². The molecule has 5 rings (SSSR count). The lowest BCUT2D eigenvalue weighted by Gasteiger charge is -2.15. The van der Waals surface area contributed by atoms with Gasteiger partial charge in [-0.2, -0.15) is 0 Å². The number of pyridine rings is 2. The van der Waals surface area contributed by atoms with Crippen molar-refractivity contribution in [3.8, 4) is 34.1 Å². The Morgan fingerprint density at radius 2 is 1.62 bits per heavy atom. The van der Waals surface area contributed by atoms with Crippen LogP contribution in [0, 0.1) is 6.92 Å². The second-order valence-electron chi connectivity index (χ2n) is 7.98. The summed E-state index contributed by atoms with van der Waals surface area (Å²) in [6.07, 6.45) is 4.92. The number of methoxy groups -OCH3 is 2. The molecule has 0 amide bonds. The average Bonchev–Trinajstić information content (AvgIpc) is 3.53. The molecule has 4 heterocycles. The summed E-state index contributed by atoms with van der Waals surface area (Å²) in [4.78, 5) is 17.5. The Kier molecular flexibility index (Phi) is 6.64. The minimum absolute atomic E-state index is 0.180. The molecule has 0 N–H and O–H groups in total. The van der Waals surface area contributed by atoms with Crippen molar-refractivity contribution < 1.29 is 9.47 Å². The zero-order chi connectivity index (χ0) is 26.1. The van der Waals surface area contributed by atoms with Crippen LogP contribution in [0.3, 0.4) is 0 Å². The number of aromatic nitrogens is 8. The Balaban J connectivity index is 1.50. The first-order valence-corrected chi connectivity index (χ1v) is 11.7. The average molecular weight is 539 g/mol. The van der Waals surface area contributed by atoms with Gasteiger partial charge in [0.05, 0.1) is 56.4 Å². The Bertz CT molecular complexity index is 1660. The fourth-order valence-electron chi connectivity index (χ4n) is 3.88. The van der Waals surface area contributed by atoms with Gasteiger partial charge in [0.15, 0.2) is 5.15 Å². The molecule has 0 unspecified atom stereocenters. The number of ether oxygens (including phenoxy) is 2. The van der Waals surface area contributed by atoms with Gasteiger partial charge in [-0.25, -0.2) is 14.3 Å². The van der Waals surface area contributed by atoms with Crippen LogP contribution in [0.25, 0.3) is 22.5 Å². The molecule has 4 aromatic heterocycles. The Morgan fingerprint density at radius 1 is 0.865 bits per heavy atom. The third kappa shape index (κ3) is 4.91. The van der Waals surface area contributed by atoms with E-state index in [0.29, 0.717) is 39.2 Å². The van der Waals surface area contributed by atoms with Gasteiger partial charge >= 0.3 is 0 Å². The summed E-state index contributed by atoms with van der Waals surface area (Å²) >= 11 is 12.3. The molecule has 1 aromatic carbocycles. The summed E-state index contributed by atoms with van der Waals surface area (Å²) in [7, 11) is 3.09. The standard InChI is InChI=1S/C24H20Cl2N8O3/c1-14-19(6-7-23(27-14)37-3)33-11-16(28-30-33)10-32-12-21(36-2)18(9-24(32)35)17-8-15(25)4-5-20(17)34-13-22(26)29-31-34/h4-9,11-13H,10H2,1-3H3. The number of halogens is 2. The van der Waals surface area contributed by atoms with Crippen molar-refractivity contribution >= 4 is 23.2 Å². The van der Waals surface area contributed by atoms with Crippen molar-refractivity contribution in [3.63, 3.8) is 0 Å². The molecule has 11 nitrogen and oxygen atoms in total. The molecule has 37 heavy (non-hydrogen) atoms. The van der Waals surface area contributed by atoms with E-state index in [1.807, 2.05) is 13.0 Å². The van der Waals surface area contributed by atoms with Crippen LogP contribution in [0.5, 0.6) is 11.6 Å². The third-order valence-electron chi connectivity index (χ3n) is 5.63. The maximum atomic E-state index is 13.2. The summed E-state index contributed by atoms with van der Waals surface area (Å²) in [6.45, 7) is 2.03. The lowest BCUT2D eigenvalue weighted by Crippen LogP contribution is -2.20. The minimum Gasteiger partial charge on any atom is -0.495 e. The highest BCUT2D eigenvalue weighted by atomic mass is 35.5. The predicted molar refractivity (Wildman–Crippen MR) is 137 cm³/mol. The largest absolute Gasteiger partial charge is 0.495 e. The van der Waals surface area contributed by atoms with Crippen LogP contribution >= 0.6 is 23.2 Å². The van der Waals surface area contributed by atoms with Gasteiger partial charge in [-0.1, -0.05) is 33.6 Å². The molecule has 0 radical (unpaired) electrons. The Labute approximate surface area is 220 Å². The van der Waals surface area contributed by atoms with E-state index in [4.69, 9.17) is 32.7 Å². The smallest absolute Gasteiger partial charge is 0.251 e. The number of hydrogen-bond acceptors (Lipinski definition) is 8. The molecule has 0 fully saturated rings. The lowest BCUT2D eigenvalue weighted by molar-refractivity contribution is 0.396. The highest BCUT2D eigenvalue weighted by Crippen LogP contribution is 2.35. The first kappa shape index (κ1) is 24.5. The van der Waals surface area contributed by atoms with Crippen LogP contribution < -0.4 is 15.0 Å². The van der Waals surface area contributed by atoms with Crippen molar-refractivity contribution in [1.82, 2.24) is 39.5 Å². The molecule has 0 saturated carbocycles. The maximum Gasteiger partial charge on any atom is 0.251 e. The number of nitrogens with zero attached hydrogens (tertiary/aromatic N) is 8. The quantitative estimate of drug-likeness (QED) is 0.307. The van der Waals surface area contributed by atoms with Crippen molar-refractivity contribution in [3.05, 3.63) is 86.9 Å². The van der Waals surface area contributed by atoms with Crippen LogP contribution in [0.4, 0.5) is 0 Å². The van der Waals surface area contributed by atoms with Crippen LogP contribution in [-0.2, 0) is 6.54 Å². The van der Waals surface area contributed by atoms with Gasteiger partial charge < -0.3 is 14.0 Å². The Hall–Kier alpha value is -4.22. The van der Waals surface area contributed by atoms with Gasteiger partial charge in [-0.15, -0.1) is 10.2 Å². The summed E-state index contributed by atoms with van der Waals surface area (Å²) in [5, 5.41) is 17.0. The SMILES string of the molecule is COc1ccc(-n2cc(Cn3cc(OC)c(-c4cc(Cl)ccc4-n4cc(Cl)nn4)cc3=O)nn2)c(C)n1. The molecule has 5 aromatic rings. The van der Waals surface area contributed by atoms with Gasteiger partial charge in [0, 0.05) is 28.3 Å². The van der Waals surface area contributed by atoms with E-state index in [1.165, 1.54) is 22.4 Å². The van der Waals surface area contributed by atoms with Gasteiger partial charge in [-0.3, -0.25) is 4.79 Å². The molecule has 0 aliphatic heterocycles. The normalized spacial score (nSPS) is 11.1. The number of benzene rings is 1. The number of aryl methyl sites for hydroxylation is 1.